The number of carbonyl (C=O) groups excluding carboxylic acids is 1. The highest BCUT2D eigenvalue weighted by Crippen LogP contribution is 2.27. The first-order valence-corrected chi connectivity index (χ1v) is 7.55. The van der Waals surface area contributed by atoms with Gasteiger partial charge in [-0.15, -0.1) is 0 Å². The third-order valence-electron chi connectivity index (χ3n) is 3.16. The van der Waals surface area contributed by atoms with Crippen LogP contribution in [-0.4, -0.2) is 35.9 Å². The van der Waals surface area contributed by atoms with Gasteiger partial charge in [0.05, 0.1) is 6.21 Å². The number of hydrogen-bond acceptors (Lipinski definition) is 7. The molecule has 0 aliphatic rings. The first-order valence-electron chi connectivity index (χ1n) is 7.55. The Morgan fingerprint density at radius 1 is 1.40 bits per heavy atom. The number of anilines is 2. The second-order valence-electron chi connectivity index (χ2n) is 4.96. The molecule has 0 unspecified atom stereocenters. The maximum Gasteiger partial charge on any atom is 0.319 e. The van der Waals surface area contributed by atoms with Gasteiger partial charge < -0.3 is 25.9 Å². The van der Waals surface area contributed by atoms with Gasteiger partial charge in [-0.3, -0.25) is 0 Å². The molecule has 132 valence electrons. The monoisotopic (exact) mass is 344 g/mol. The topological polar surface area (TPSA) is 124 Å². The van der Waals surface area contributed by atoms with Crippen LogP contribution in [0.15, 0.2) is 29.7 Å². The van der Waals surface area contributed by atoms with Crippen LogP contribution in [0, 0.1) is 6.92 Å². The number of carbonyl (C=O) groups is 1. The fraction of sp³-hybridized carbons (Fsp3) is 0.250. The zero-order chi connectivity index (χ0) is 18.2. The molecule has 2 amide bonds. The highest BCUT2D eigenvalue weighted by molar-refractivity contribution is 5.90. The minimum atomic E-state index is -0.263. The zero-order valence-electron chi connectivity index (χ0n) is 14.2. The summed E-state index contributed by atoms with van der Waals surface area (Å²) in [5.41, 5.74) is 7.74. The molecular formula is C16H20N6O3. The molecule has 2 aromatic rings. The second kappa shape index (κ2) is 8.48. The first kappa shape index (κ1) is 18.0. The summed E-state index contributed by atoms with van der Waals surface area (Å²) in [6.07, 6.45) is 2.68. The van der Waals surface area contributed by atoms with Gasteiger partial charge in [0, 0.05) is 12.2 Å². The Bertz CT molecular complexity index is 778. The quantitative estimate of drug-likeness (QED) is 0.545. The number of nitrogens with one attached hydrogen (secondary N) is 2. The van der Waals surface area contributed by atoms with Gasteiger partial charge >= 0.3 is 6.03 Å². The normalized spacial score (nSPS) is 10.5. The van der Waals surface area contributed by atoms with Crippen molar-refractivity contribution in [2.45, 2.75) is 13.8 Å². The molecular weight excluding hydrogens is 324 g/mol. The third-order valence-corrected chi connectivity index (χ3v) is 3.16. The van der Waals surface area contributed by atoms with Gasteiger partial charge in [0.25, 0.3) is 0 Å². The lowest BCUT2D eigenvalue weighted by molar-refractivity contribution is 0.215. The molecule has 0 atom stereocenters. The Balaban J connectivity index is 2.21. The zero-order valence-corrected chi connectivity index (χ0v) is 14.2. The molecule has 0 spiro atoms. The van der Waals surface area contributed by atoms with Crippen molar-refractivity contribution in [3.8, 4) is 11.6 Å². The number of nitrogen functional groups attached to an aromatic ring is 1. The number of nitrogens with zero attached hydrogens (tertiary/aromatic N) is 3. The number of nitrogens with two attached hydrogens (primary N) is 1. The van der Waals surface area contributed by atoms with E-state index in [1.54, 1.807) is 18.2 Å². The van der Waals surface area contributed by atoms with Crippen LogP contribution in [0.5, 0.6) is 11.6 Å². The molecule has 0 radical (unpaired) electrons. The van der Waals surface area contributed by atoms with Gasteiger partial charge in [0.2, 0.25) is 5.88 Å². The molecule has 2 rings (SSSR count). The van der Waals surface area contributed by atoms with Crippen LogP contribution < -0.4 is 21.1 Å². The number of aromatic nitrogens is 2. The maximum atomic E-state index is 11.6. The Hall–Kier alpha value is -3.36. The molecule has 0 fully saturated rings. The summed E-state index contributed by atoms with van der Waals surface area (Å²) in [5, 5.41) is 9.10. The second-order valence-corrected chi connectivity index (χ2v) is 4.96. The number of urea groups is 1. The van der Waals surface area contributed by atoms with Crippen LogP contribution in [0.2, 0.25) is 0 Å². The average Bonchev–Trinajstić information content (AvgIpc) is 2.57. The summed E-state index contributed by atoms with van der Waals surface area (Å²) >= 11 is 0. The van der Waals surface area contributed by atoms with Gasteiger partial charge in [-0.2, -0.15) is 0 Å². The van der Waals surface area contributed by atoms with E-state index >= 15 is 0 Å². The fourth-order valence-electron chi connectivity index (χ4n) is 1.98. The molecule has 1 heterocycles. The molecule has 0 aliphatic heterocycles. The number of oxime groups is 1. The van der Waals surface area contributed by atoms with Gasteiger partial charge in [-0.05, 0) is 37.6 Å². The summed E-state index contributed by atoms with van der Waals surface area (Å²) in [7, 11) is 1.42. The Morgan fingerprint density at radius 2 is 2.20 bits per heavy atom. The molecule has 4 N–H and O–H groups in total. The van der Waals surface area contributed by atoms with Crippen molar-refractivity contribution < 1.29 is 14.4 Å². The molecule has 0 bridgehead atoms. The van der Waals surface area contributed by atoms with Gasteiger partial charge in [0.1, 0.15) is 30.6 Å². The van der Waals surface area contributed by atoms with Crippen molar-refractivity contribution in [3.05, 3.63) is 35.7 Å². The first-order chi connectivity index (χ1) is 12.0. The molecule has 0 saturated carbocycles. The number of hydrogen-bond donors (Lipinski definition) is 3. The average molecular weight is 344 g/mol. The van der Waals surface area contributed by atoms with E-state index in [4.69, 9.17) is 10.5 Å². The number of ether oxygens (including phenoxy) is 1. The van der Waals surface area contributed by atoms with Crippen molar-refractivity contribution in [2.24, 2.45) is 5.16 Å². The lowest BCUT2D eigenvalue weighted by Gasteiger charge is -2.12. The smallest absolute Gasteiger partial charge is 0.319 e. The highest BCUT2D eigenvalue weighted by atomic mass is 16.6. The van der Waals surface area contributed by atoms with Crippen molar-refractivity contribution in [1.29, 1.82) is 0 Å². The summed E-state index contributed by atoms with van der Waals surface area (Å²) in [4.78, 5) is 24.2. The summed E-state index contributed by atoms with van der Waals surface area (Å²) in [6.45, 7) is 4.25. The molecule has 9 nitrogen and oxygen atoms in total. The van der Waals surface area contributed by atoms with Crippen molar-refractivity contribution in [1.82, 2.24) is 15.3 Å². The lowest BCUT2D eigenvalue weighted by Crippen LogP contribution is -2.28. The van der Waals surface area contributed by atoms with Crippen LogP contribution in [0.1, 0.15) is 18.1 Å². The van der Waals surface area contributed by atoms with E-state index in [0.717, 1.165) is 5.56 Å². The number of aryl methyl sites for hydroxylation is 1. The lowest BCUT2D eigenvalue weighted by atomic mass is 10.2. The Morgan fingerprint density at radius 3 is 2.88 bits per heavy atom. The van der Waals surface area contributed by atoms with E-state index in [2.05, 4.69) is 30.6 Å². The minimum absolute atomic E-state index is 0.219. The number of amides is 2. The van der Waals surface area contributed by atoms with E-state index in [-0.39, 0.29) is 17.7 Å². The van der Waals surface area contributed by atoms with E-state index in [1.165, 1.54) is 19.7 Å². The van der Waals surface area contributed by atoms with Gasteiger partial charge in [0.15, 0.2) is 0 Å². The Labute approximate surface area is 145 Å². The predicted octanol–water partition coefficient (Wildman–Crippen LogP) is 2.28. The molecule has 0 saturated heterocycles. The molecule has 1 aromatic carbocycles. The van der Waals surface area contributed by atoms with Gasteiger partial charge in [-0.25, -0.2) is 14.8 Å². The summed E-state index contributed by atoms with van der Waals surface area (Å²) in [6, 6.07) is 4.97. The van der Waals surface area contributed by atoms with Crippen LogP contribution in [-0.2, 0) is 4.84 Å². The maximum absolute atomic E-state index is 11.6. The number of rotatable bonds is 6. The molecule has 9 heteroatoms. The summed E-state index contributed by atoms with van der Waals surface area (Å²) < 4.78 is 5.77. The van der Waals surface area contributed by atoms with Gasteiger partial charge in [-0.1, -0.05) is 5.16 Å². The van der Waals surface area contributed by atoms with E-state index in [9.17, 15) is 4.79 Å². The largest absolute Gasteiger partial charge is 0.438 e. The highest BCUT2D eigenvalue weighted by Gasteiger charge is 2.11. The molecule has 0 aliphatic carbocycles. The third kappa shape index (κ3) is 4.80. The fourth-order valence-corrected chi connectivity index (χ4v) is 1.98. The van der Waals surface area contributed by atoms with Crippen LogP contribution in [0.25, 0.3) is 0 Å². The van der Waals surface area contributed by atoms with Crippen molar-refractivity contribution in [3.63, 3.8) is 0 Å². The van der Waals surface area contributed by atoms with Crippen molar-refractivity contribution >= 4 is 23.8 Å². The number of benzene rings is 1. The molecule has 1 aromatic heterocycles. The molecule has 25 heavy (non-hydrogen) atoms. The predicted molar refractivity (Wildman–Crippen MR) is 95.0 cm³/mol. The van der Waals surface area contributed by atoms with E-state index in [0.29, 0.717) is 23.5 Å². The minimum Gasteiger partial charge on any atom is -0.438 e. The standard InChI is InChI=1S/C16H20N6O3/c1-4-18-16(23)22-13-6-5-11(7-10(13)2)25-15-12(8-21-24-3)14(17)19-9-20-15/h5-9H,4H2,1-3H3,(H2,17,19,20)(H2,18,22,23)/b21-8+. The van der Waals surface area contributed by atoms with Crippen LogP contribution in [0.4, 0.5) is 16.3 Å². The SMILES string of the molecule is CCNC(=O)Nc1ccc(Oc2ncnc(N)c2/C=N/OC)cc1C. The van der Waals surface area contributed by atoms with Crippen LogP contribution in [0.3, 0.4) is 0 Å². The van der Waals surface area contributed by atoms with E-state index < -0.39 is 0 Å². The Kier molecular flexibility index (Phi) is 6.10. The van der Waals surface area contributed by atoms with E-state index in [1.807, 2.05) is 13.8 Å². The summed E-state index contributed by atoms with van der Waals surface area (Å²) in [5.74, 6) is 0.998. The van der Waals surface area contributed by atoms with Crippen molar-refractivity contribution in [2.75, 3.05) is 24.7 Å². The van der Waals surface area contributed by atoms with Crippen LogP contribution >= 0.6 is 0 Å².